The molecule has 1 saturated carbocycles. The second-order valence-corrected chi connectivity index (χ2v) is 6.76. The Balaban J connectivity index is 1.90. The van der Waals surface area contributed by atoms with E-state index in [9.17, 15) is 0 Å². The number of hydrogen-bond acceptors (Lipinski definition) is 2. The van der Waals surface area contributed by atoms with Gasteiger partial charge in [0.25, 0.3) is 0 Å². The van der Waals surface area contributed by atoms with Crippen molar-refractivity contribution in [1.82, 2.24) is 10.2 Å². The maximum absolute atomic E-state index is 3.68. The first kappa shape index (κ1) is 13.4. The Hall–Kier alpha value is -0.0800. The Morgan fingerprint density at radius 1 is 1.18 bits per heavy atom. The molecule has 0 aromatic carbocycles. The Bertz CT molecular complexity index is 231. The maximum atomic E-state index is 3.68. The maximum Gasteiger partial charge on any atom is 0.0252 e. The normalized spacial score (nSPS) is 31.6. The van der Waals surface area contributed by atoms with E-state index in [1.807, 2.05) is 0 Å². The predicted molar refractivity (Wildman–Crippen MR) is 74.3 cm³/mol. The van der Waals surface area contributed by atoms with Gasteiger partial charge in [-0.05, 0) is 39.0 Å². The molecule has 1 N–H and O–H groups in total. The molecule has 0 radical (unpaired) electrons. The number of piperazine rings is 1. The van der Waals surface area contributed by atoms with Gasteiger partial charge in [0.05, 0.1) is 0 Å². The second kappa shape index (κ2) is 5.71. The molecule has 1 saturated heterocycles. The third-order valence-electron chi connectivity index (χ3n) is 4.62. The van der Waals surface area contributed by atoms with E-state index >= 15 is 0 Å². The lowest BCUT2D eigenvalue weighted by atomic mass is 9.87. The molecule has 2 aliphatic rings. The van der Waals surface area contributed by atoms with Gasteiger partial charge >= 0.3 is 0 Å². The van der Waals surface area contributed by atoms with Crippen LogP contribution in [0.1, 0.15) is 59.3 Å². The van der Waals surface area contributed by atoms with E-state index in [1.165, 1.54) is 58.2 Å². The highest BCUT2D eigenvalue weighted by molar-refractivity contribution is 4.92. The fraction of sp³-hybridized carbons (Fsp3) is 1.00. The van der Waals surface area contributed by atoms with E-state index in [-0.39, 0.29) is 0 Å². The summed E-state index contributed by atoms with van der Waals surface area (Å²) in [5.74, 6) is 0.978. The zero-order chi connectivity index (χ0) is 12.3. The molecular weight excluding hydrogens is 208 g/mol. The van der Waals surface area contributed by atoms with Crippen molar-refractivity contribution in [3.8, 4) is 0 Å². The molecule has 1 atom stereocenters. The van der Waals surface area contributed by atoms with E-state index in [2.05, 4.69) is 31.0 Å². The molecule has 2 nitrogen and oxygen atoms in total. The van der Waals surface area contributed by atoms with Crippen molar-refractivity contribution in [1.29, 1.82) is 0 Å². The summed E-state index contributed by atoms with van der Waals surface area (Å²) in [5.41, 5.74) is 0.306. The minimum atomic E-state index is 0.306. The molecule has 0 spiro atoms. The van der Waals surface area contributed by atoms with Crippen molar-refractivity contribution >= 4 is 0 Å². The summed E-state index contributed by atoms with van der Waals surface area (Å²) >= 11 is 0. The lowest BCUT2D eigenvalue weighted by molar-refractivity contribution is 0.0698. The third-order valence-corrected chi connectivity index (χ3v) is 4.62. The van der Waals surface area contributed by atoms with Gasteiger partial charge < -0.3 is 5.32 Å². The van der Waals surface area contributed by atoms with Crippen molar-refractivity contribution in [2.24, 2.45) is 5.92 Å². The van der Waals surface area contributed by atoms with Gasteiger partial charge in [0, 0.05) is 31.2 Å². The molecule has 0 aromatic heterocycles. The van der Waals surface area contributed by atoms with Gasteiger partial charge in [0.15, 0.2) is 0 Å². The van der Waals surface area contributed by atoms with E-state index < -0.39 is 0 Å². The molecule has 2 heteroatoms. The van der Waals surface area contributed by atoms with Crippen molar-refractivity contribution < 1.29 is 0 Å². The standard InChI is InChI=1S/C15H30N2/c1-4-14-10-16-15(2,3)12-17(14)11-13-8-6-5-7-9-13/h13-14,16H,4-12H2,1-3H3. The summed E-state index contributed by atoms with van der Waals surface area (Å²) in [6.45, 7) is 10.8. The highest BCUT2D eigenvalue weighted by Gasteiger charge is 2.32. The second-order valence-electron chi connectivity index (χ2n) is 6.76. The molecule has 100 valence electrons. The average molecular weight is 238 g/mol. The summed E-state index contributed by atoms with van der Waals surface area (Å²) in [4.78, 5) is 2.77. The van der Waals surface area contributed by atoms with Gasteiger partial charge in [-0.1, -0.05) is 26.2 Å². The van der Waals surface area contributed by atoms with E-state index in [0.717, 1.165) is 12.0 Å². The van der Waals surface area contributed by atoms with Crippen molar-refractivity contribution in [2.75, 3.05) is 19.6 Å². The van der Waals surface area contributed by atoms with E-state index in [1.54, 1.807) is 0 Å². The summed E-state index contributed by atoms with van der Waals surface area (Å²) in [7, 11) is 0. The molecule has 17 heavy (non-hydrogen) atoms. The lowest BCUT2D eigenvalue weighted by Crippen LogP contribution is -2.62. The average Bonchev–Trinajstić information content (AvgIpc) is 2.30. The molecule has 2 rings (SSSR count). The van der Waals surface area contributed by atoms with Gasteiger partial charge in [-0.25, -0.2) is 0 Å². The monoisotopic (exact) mass is 238 g/mol. The smallest absolute Gasteiger partial charge is 0.0252 e. The first-order valence-electron chi connectivity index (χ1n) is 7.60. The fourth-order valence-corrected chi connectivity index (χ4v) is 3.53. The fourth-order valence-electron chi connectivity index (χ4n) is 3.53. The first-order valence-corrected chi connectivity index (χ1v) is 7.60. The van der Waals surface area contributed by atoms with Gasteiger partial charge in [-0.15, -0.1) is 0 Å². The quantitative estimate of drug-likeness (QED) is 0.813. The van der Waals surface area contributed by atoms with Crippen LogP contribution in [0.2, 0.25) is 0 Å². The zero-order valence-corrected chi connectivity index (χ0v) is 12.0. The Morgan fingerprint density at radius 3 is 2.53 bits per heavy atom. The molecule has 0 aromatic rings. The van der Waals surface area contributed by atoms with Crippen molar-refractivity contribution in [2.45, 2.75) is 70.9 Å². The van der Waals surface area contributed by atoms with Crippen molar-refractivity contribution in [3.05, 3.63) is 0 Å². The third kappa shape index (κ3) is 3.69. The largest absolute Gasteiger partial charge is 0.309 e. The van der Waals surface area contributed by atoms with Gasteiger partial charge in [-0.2, -0.15) is 0 Å². The van der Waals surface area contributed by atoms with Crippen molar-refractivity contribution in [3.63, 3.8) is 0 Å². The first-order chi connectivity index (χ1) is 8.11. The predicted octanol–water partition coefficient (Wildman–Crippen LogP) is 3.03. The molecule has 1 unspecified atom stereocenters. The number of nitrogens with zero attached hydrogens (tertiary/aromatic N) is 1. The Morgan fingerprint density at radius 2 is 1.88 bits per heavy atom. The molecule has 0 bridgehead atoms. The highest BCUT2D eigenvalue weighted by atomic mass is 15.2. The number of hydrogen-bond donors (Lipinski definition) is 1. The Kier molecular flexibility index (Phi) is 4.48. The zero-order valence-electron chi connectivity index (χ0n) is 12.0. The minimum Gasteiger partial charge on any atom is -0.309 e. The number of rotatable bonds is 3. The van der Waals surface area contributed by atoms with Crippen LogP contribution in [-0.2, 0) is 0 Å². The summed E-state index contributed by atoms with van der Waals surface area (Å²) in [6, 6.07) is 0.768. The summed E-state index contributed by atoms with van der Waals surface area (Å²) < 4.78 is 0. The number of nitrogens with one attached hydrogen (secondary N) is 1. The van der Waals surface area contributed by atoms with Crippen LogP contribution in [0.25, 0.3) is 0 Å². The lowest BCUT2D eigenvalue weighted by Gasteiger charge is -2.46. The summed E-state index contributed by atoms with van der Waals surface area (Å²) in [5, 5.41) is 3.68. The molecule has 1 aliphatic carbocycles. The van der Waals surface area contributed by atoms with Crippen LogP contribution in [0.5, 0.6) is 0 Å². The van der Waals surface area contributed by atoms with Crippen LogP contribution in [0.3, 0.4) is 0 Å². The topological polar surface area (TPSA) is 15.3 Å². The van der Waals surface area contributed by atoms with E-state index in [0.29, 0.717) is 5.54 Å². The van der Waals surface area contributed by atoms with Crippen LogP contribution >= 0.6 is 0 Å². The minimum absolute atomic E-state index is 0.306. The molecule has 1 heterocycles. The van der Waals surface area contributed by atoms with Crippen LogP contribution in [0, 0.1) is 5.92 Å². The molecular formula is C15H30N2. The molecule has 1 aliphatic heterocycles. The van der Waals surface area contributed by atoms with Gasteiger partial charge in [0.2, 0.25) is 0 Å². The van der Waals surface area contributed by atoms with Gasteiger partial charge in [0.1, 0.15) is 0 Å². The van der Waals surface area contributed by atoms with E-state index in [4.69, 9.17) is 0 Å². The highest BCUT2D eigenvalue weighted by Crippen LogP contribution is 2.27. The summed E-state index contributed by atoms with van der Waals surface area (Å²) in [6.07, 6.45) is 8.64. The molecule has 2 fully saturated rings. The van der Waals surface area contributed by atoms with Crippen LogP contribution in [-0.4, -0.2) is 36.1 Å². The van der Waals surface area contributed by atoms with Crippen LogP contribution < -0.4 is 5.32 Å². The molecule has 0 amide bonds. The van der Waals surface area contributed by atoms with Crippen LogP contribution in [0.15, 0.2) is 0 Å². The SMILES string of the molecule is CCC1CNC(C)(C)CN1CC1CCCCC1. The van der Waals surface area contributed by atoms with Gasteiger partial charge in [-0.3, -0.25) is 4.90 Å². The van der Waals surface area contributed by atoms with Crippen LogP contribution in [0.4, 0.5) is 0 Å². The Labute approximate surface area is 107 Å².